The second-order valence-electron chi connectivity index (χ2n) is 8.07. The van der Waals surface area contributed by atoms with E-state index in [1.165, 1.54) is 0 Å². The number of imidazole rings is 1. The molecule has 0 bridgehead atoms. The number of ether oxygens (including phenoxy) is 1. The van der Waals surface area contributed by atoms with Gasteiger partial charge in [0.05, 0.1) is 6.33 Å². The van der Waals surface area contributed by atoms with Crippen molar-refractivity contribution in [3.63, 3.8) is 0 Å². The van der Waals surface area contributed by atoms with Gasteiger partial charge in [-0.3, -0.25) is 4.79 Å². The van der Waals surface area contributed by atoms with E-state index in [2.05, 4.69) is 25.2 Å². The van der Waals surface area contributed by atoms with Crippen molar-refractivity contribution >= 4 is 11.9 Å². The van der Waals surface area contributed by atoms with Crippen molar-refractivity contribution < 1.29 is 9.53 Å². The van der Waals surface area contributed by atoms with Crippen LogP contribution in [0.3, 0.4) is 0 Å². The summed E-state index contributed by atoms with van der Waals surface area (Å²) in [4.78, 5) is 31.7. The number of hydrogen-bond acceptors (Lipinski definition) is 6. The smallest absolute Gasteiger partial charge is 0.270 e. The standard InChI is InChI=1S/C23H26N6O2/c30-22(21-20(25-15-26-21)17-4-2-1-3-5-17)27-18-7-11-29(14-18)23-24-10-6-19(28-23)16-8-12-31-13-9-16/h1-6,10,15-16,18H,7-9,11-14H2,(H,25,26)(H,27,30). The summed E-state index contributed by atoms with van der Waals surface area (Å²) >= 11 is 0. The number of nitrogens with zero attached hydrogens (tertiary/aromatic N) is 4. The van der Waals surface area contributed by atoms with E-state index in [0.717, 1.165) is 56.2 Å². The molecule has 2 aliphatic heterocycles. The molecule has 1 unspecified atom stereocenters. The third-order valence-corrected chi connectivity index (χ3v) is 6.02. The maximum Gasteiger partial charge on any atom is 0.270 e. The molecule has 8 heteroatoms. The molecule has 0 saturated carbocycles. The predicted molar refractivity (Wildman–Crippen MR) is 117 cm³/mol. The molecular weight excluding hydrogens is 392 g/mol. The Labute approximate surface area is 181 Å². The lowest BCUT2D eigenvalue weighted by Gasteiger charge is -2.23. The van der Waals surface area contributed by atoms with E-state index in [4.69, 9.17) is 9.72 Å². The fourth-order valence-corrected chi connectivity index (χ4v) is 4.33. The number of nitrogens with one attached hydrogen (secondary N) is 2. The van der Waals surface area contributed by atoms with Gasteiger partial charge in [0, 0.05) is 55.7 Å². The lowest BCUT2D eigenvalue weighted by Crippen LogP contribution is -2.37. The molecule has 2 aliphatic rings. The van der Waals surface area contributed by atoms with Crippen LogP contribution in [-0.4, -0.2) is 58.2 Å². The Hall–Kier alpha value is -3.26. The van der Waals surface area contributed by atoms with Crippen LogP contribution in [-0.2, 0) is 4.74 Å². The summed E-state index contributed by atoms with van der Waals surface area (Å²) in [5.41, 5.74) is 3.16. The fraction of sp³-hybridized carbons (Fsp3) is 0.391. The van der Waals surface area contributed by atoms with Crippen LogP contribution < -0.4 is 10.2 Å². The molecule has 5 rings (SSSR count). The number of aromatic nitrogens is 4. The third kappa shape index (κ3) is 4.29. The molecule has 0 radical (unpaired) electrons. The zero-order chi connectivity index (χ0) is 21.0. The summed E-state index contributed by atoms with van der Waals surface area (Å²) in [5, 5.41) is 3.15. The summed E-state index contributed by atoms with van der Waals surface area (Å²) in [6.07, 6.45) is 6.27. The lowest BCUT2D eigenvalue weighted by atomic mass is 9.96. The summed E-state index contributed by atoms with van der Waals surface area (Å²) < 4.78 is 5.47. The van der Waals surface area contributed by atoms with E-state index < -0.39 is 0 Å². The monoisotopic (exact) mass is 418 g/mol. The molecule has 8 nitrogen and oxygen atoms in total. The Bertz CT molecular complexity index is 1030. The fourth-order valence-electron chi connectivity index (χ4n) is 4.33. The van der Waals surface area contributed by atoms with Gasteiger partial charge in [-0.2, -0.15) is 0 Å². The van der Waals surface area contributed by atoms with E-state index in [1.54, 1.807) is 6.33 Å². The van der Waals surface area contributed by atoms with Crippen LogP contribution in [0, 0.1) is 0 Å². The Morgan fingerprint density at radius 1 is 1.10 bits per heavy atom. The summed E-state index contributed by atoms with van der Waals surface area (Å²) in [6.45, 7) is 3.09. The first-order chi connectivity index (χ1) is 15.3. The van der Waals surface area contributed by atoms with Crippen molar-refractivity contribution in [3.05, 3.63) is 60.3 Å². The highest BCUT2D eigenvalue weighted by molar-refractivity contribution is 5.98. The quantitative estimate of drug-likeness (QED) is 0.662. The molecule has 1 atom stereocenters. The van der Waals surface area contributed by atoms with Gasteiger partial charge in [0.2, 0.25) is 5.95 Å². The van der Waals surface area contributed by atoms with Gasteiger partial charge in [-0.05, 0) is 25.3 Å². The third-order valence-electron chi connectivity index (χ3n) is 6.02. The van der Waals surface area contributed by atoms with Gasteiger partial charge in [-0.15, -0.1) is 0 Å². The van der Waals surface area contributed by atoms with Gasteiger partial charge in [0.25, 0.3) is 5.91 Å². The van der Waals surface area contributed by atoms with Crippen LogP contribution in [0.15, 0.2) is 48.9 Å². The Balaban J connectivity index is 1.24. The number of aromatic amines is 1. The highest BCUT2D eigenvalue weighted by Gasteiger charge is 2.28. The average molecular weight is 419 g/mol. The Morgan fingerprint density at radius 2 is 1.94 bits per heavy atom. The number of H-pyrrole nitrogens is 1. The van der Waals surface area contributed by atoms with Gasteiger partial charge in [-0.25, -0.2) is 15.0 Å². The van der Waals surface area contributed by atoms with Crippen molar-refractivity contribution in [2.45, 2.75) is 31.2 Å². The molecule has 2 saturated heterocycles. The Morgan fingerprint density at radius 3 is 2.77 bits per heavy atom. The molecule has 1 aromatic carbocycles. The van der Waals surface area contributed by atoms with Gasteiger partial charge in [0.1, 0.15) is 11.4 Å². The minimum absolute atomic E-state index is 0.0368. The first kappa shape index (κ1) is 19.7. The van der Waals surface area contributed by atoms with Gasteiger partial charge in [0.15, 0.2) is 0 Å². The first-order valence-electron chi connectivity index (χ1n) is 10.8. The first-order valence-corrected chi connectivity index (χ1v) is 10.8. The van der Waals surface area contributed by atoms with Crippen molar-refractivity contribution in [1.82, 2.24) is 25.3 Å². The van der Waals surface area contributed by atoms with E-state index in [0.29, 0.717) is 23.9 Å². The van der Waals surface area contributed by atoms with Crippen LogP contribution in [0.25, 0.3) is 11.3 Å². The molecule has 160 valence electrons. The number of rotatable bonds is 5. The molecule has 0 spiro atoms. The zero-order valence-electron chi connectivity index (χ0n) is 17.3. The zero-order valence-corrected chi connectivity index (χ0v) is 17.3. The van der Waals surface area contributed by atoms with Gasteiger partial charge in [-0.1, -0.05) is 30.3 Å². The van der Waals surface area contributed by atoms with Crippen LogP contribution in [0.4, 0.5) is 5.95 Å². The molecule has 1 amide bonds. The molecule has 2 aromatic heterocycles. The van der Waals surface area contributed by atoms with Gasteiger partial charge >= 0.3 is 0 Å². The van der Waals surface area contributed by atoms with Crippen LogP contribution in [0.2, 0.25) is 0 Å². The second kappa shape index (κ2) is 8.85. The lowest BCUT2D eigenvalue weighted by molar-refractivity contribution is 0.0845. The normalized spacial score (nSPS) is 19.5. The summed E-state index contributed by atoms with van der Waals surface area (Å²) in [6, 6.07) is 11.8. The minimum Gasteiger partial charge on any atom is -0.381 e. The number of amides is 1. The summed E-state index contributed by atoms with van der Waals surface area (Å²) in [7, 11) is 0. The second-order valence-corrected chi connectivity index (χ2v) is 8.07. The highest BCUT2D eigenvalue weighted by atomic mass is 16.5. The number of anilines is 1. The number of hydrogen-bond donors (Lipinski definition) is 2. The number of carbonyl (C=O) groups excluding carboxylic acids is 1. The van der Waals surface area contributed by atoms with Crippen LogP contribution in [0.5, 0.6) is 0 Å². The summed E-state index contributed by atoms with van der Waals surface area (Å²) in [5.74, 6) is 1.04. The average Bonchev–Trinajstić information content (AvgIpc) is 3.50. The van der Waals surface area contributed by atoms with Crippen molar-refractivity contribution in [2.24, 2.45) is 0 Å². The highest BCUT2D eigenvalue weighted by Crippen LogP contribution is 2.27. The SMILES string of the molecule is O=C(NC1CCN(c2nccc(C3CCOCC3)n2)C1)c1[nH]cnc1-c1ccccc1. The Kier molecular flexibility index (Phi) is 5.62. The van der Waals surface area contributed by atoms with Crippen LogP contribution in [0.1, 0.15) is 41.4 Å². The van der Waals surface area contributed by atoms with E-state index in [9.17, 15) is 4.79 Å². The van der Waals surface area contributed by atoms with Crippen molar-refractivity contribution in [2.75, 3.05) is 31.2 Å². The maximum atomic E-state index is 12.9. The van der Waals surface area contributed by atoms with E-state index in [-0.39, 0.29) is 11.9 Å². The molecule has 3 aromatic rings. The molecule has 0 aliphatic carbocycles. The molecular formula is C23H26N6O2. The minimum atomic E-state index is -0.139. The predicted octanol–water partition coefficient (Wildman–Crippen LogP) is 2.77. The molecule has 2 fully saturated rings. The molecule has 4 heterocycles. The topological polar surface area (TPSA) is 96.0 Å². The number of benzene rings is 1. The van der Waals surface area contributed by atoms with E-state index >= 15 is 0 Å². The largest absolute Gasteiger partial charge is 0.381 e. The number of carbonyl (C=O) groups is 1. The van der Waals surface area contributed by atoms with Crippen molar-refractivity contribution in [3.8, 4) is 11.3 Å². The maximum absolute atomic E-state index is 12.9. The van der Waals surface area contributed by atoms with Crippen LogP contribution >= 0.6 is 0 Å². The van der Waals surface area contributed by atoms with Gasteiger partial charge < -0.3 is 19.9 Å². The van der Waals surface area contributed by atoms with E-state index in [1.807, 2.05) is 42.6 Å². The molecule has 31 heavy (non-hydrogen) atoms. The van der Waals surface area contributed by atoms with Crippen molar-refractivity contribution in [1.29, 1.82) is 0 Å². The molecule has 2 N–H and O–H groups in total.